The summed E-state index contributed by atoms with van der Waals surface area (Å²) in [7, 11) is 0. The molecule has 1 aliphatic rings. The van der Waals surface area contributed by atoms with E-state index in [2.05, 4.69) is 23.4 Å². The monoisotopic (exact) mass is 230 g/mol. The maximum Gasteiger partial charge on any atom is 0.130 e. The second-order valence-electron chi connectivity index (χ2n) is 5.10. The summed E-state index contributed by atoms with van der Waals surface area (Å²) in [4.78, 5) is 8.82. The fourth-order valence-electron chi connectivity index (χ4n) is 2.58. The van der Waals surface area contributed by atoms with Crippen molar-refractivity contribution in [2.75, 3.05) is 0 Å². The first-order valence-corrected chi connectivity index (χ1v) is 6.24. The van der Waals surface area contributed by atoms with Gasteiger partial charge >= 0.3 is 0 Å². The van der Waals surface area contributed by atoms with Gasteiger partial charge in [-0.25, -0.2) is 4.98 Å². The highest BCUT2D eigenvalue weighted by molar-refractivity contribution is 5.75. The first-order valence-electron chi connectivity index (χ1n) is 6.24. The van der Waals surface area contributed by atoms with Crippen molar-refractivity contribution in [1.29, 1.82) is 0 Å². The Morgan fingerprint density at radius 3 is 2.94 bits per heavy atom. The summed E-state index contributed by atoms with van der Waals surface area (Å²) in [5.41, 5.74) is 8.25. The van der Waals surface area contributed by atoms with Crippen molar-refractivity contribution in [3.63, 3.8) is 0 Å². The topological polar surface area (TPSA) is 56.7 Å². The van der Waals surface area contributed by atoms with Crippen LogP contribution in [0.15, 0.2) is 18.5 Å². The molecule has 1 saturated carbocycles. The molecule has 0 aromatic carbocycles. The second kappa shape index (κ2) is 3.53. The molecular formula is C13H18N4. The van der Waals surface area contributed by atoms with Crippen LogP contribution in [0.25, 0.3) is 11.0 Å². The van der Waals surface area contributed by atoms with Gasteiger partial charge in [-0.3, -0.25) is 4.98 Å². The van der Waals surface area contributed by atoms with E-state index in [1.54, 1.807) is 0 Å². The summed E-state index contributed by atoms with van der Waals surface area (Å²) in [5, 5.41) is 0. The van der Waals surface area contributed by atoms with Gasteiger partial charge in [-0.15, -0.1) is 0 Å². The molecule has 1 atom stereocenters. The number of pyridine rings is 1. The summed E-state index contributed by atoms with van der Waals surface area (Å²) in [6.45, 7) is 5.13. The molecule has 3 rings (SSSR count). The molecule has 1 fully saturated rings. The zero-order valence-corrected chi connectivity index (χ0v) is 10.3. The van der Waals surface area contributed by atoms with Gasteiger partial charge in [0.05, 0.1) is 17.3 Å². The van der Waals surface area contributed by atoms with Crippen molar-refractivity contribution >= 4 is 11.0 Å². The van der Waals surface area contributed by atoms with Crippen LogP contribution in [-0.4, -0.2) is 14.5 Å². The molecule has 2 N–H and O–H groups in total. The zero-order valence-electron chi connectivity index (χ0n) is 10.3. The molecule has 0 radical (unpaired) electrons. The lowest BCUT2D eigenvalue weighted by molar-refractivity contribution is 0.385. The van der Waals surface area contributed by atoms with Crippen molar-refractivity contribution in [2.45, 2.75) is 38.8 Å². The van der Waals surface area contributed by atoms with Crippen LogP contribution >= 0.6 is 0 Å². The van der Waals surface area contributed by atoms with Crippen LogP contribution in [-0.2, 0) is 12.1 Å². The van der Waals surface area contributed by atoms with E-state index in [1.807, 2.05) is 18.5 Å². The summed E-state index contributed by atoms with van der Waals surface area (Å²) >= 11 is 0. The Hall–Kier alpha value is -1.42. The fourth-order valence-corrected chi connectivity index (χ4v) is 2.58. The van der Waals surface area contributed by atoms with Crippen molar-refractivity contribution < 1.29 is 0 Å². The zero-order chi connectivity index (χ0) is 12.0. The average molecular weight is 230 g/mol. The van der Waals surface area contributed by atoms with Gasteiger partial charge in [0, 0.05) is 12.7 Å². The molecule has 2 aromatic heterocycles. The Morgan fingerprint density at radius 1 is 1.53 bits per heavy atom. The standard InChI is InChI=1S/C13H18N4/c1-3-17-11-6-7-15-8-10(11)16-12(17)13(2,14)9-4-5-9/h6-9H,3-5,14H2,1-2H3. The van der Waals surface area contributed by atoms with E-state index in [0.717, 1.165) is 23.4 Å². The molecule has 0 saturated heterocycles. The third-order valence-corrected chi connectivity index (χ3v) is 3.77. The predicted octanol–water partition coefficient (Wildman–Crippen LogP) is 2.04. The van der Waals surface area contributed by atoms with Crippen LogP contribution in [0.3, 0.4) is 0 Å². The van der Waals surface area contributed by atoms with Gasteiger partial charge in [0.15, 0.2) is 0 Å². The highest BCUT2D eigenvalue weighted by atomic mass is 15.1. The van der Waals surface area contributed by atoms with E-state index in [9.17, 15) is 0 Å². The lowest BCUT2D eigenvalue weighted by Gasteiger charge is -2.24. The molecule has 0 aliphatic heterocycles. The number of nitrogens with two attached hydrogens (primary N) is 1. The minimum Gasteiger partial charge on any atom is -0.327 e. The molecular weight excluding hydrogens is 212 g/mol. The number of aryl methyl sites for hydroxylation is 1. The number of hydrogen-bond acceptors (Lipinski definition) is 3. The summed E-state index contributed by atoms with van der Waals surface area (Å²) in [6.07, 6.45) is 6.06. The van der Waals surface area contributed by atoms with Gasteiger partial charge in [-0.05, 0) is 38.7 Å². The van der Waals surface area contributed by atoms with Gasteiger partial charge in [0.25, 0.3) is 0 Å². The molecule has 2 heterocycles. The van der Waals surface area contributed by atoms with Crippen molar-refractivity contribution in [3.8, 4) is 0 Å². The van der Waals surface area contributed by atoms with E-state index in [0.29, 0.717) is 5.92 Å². The number of rotatable bonds is 3. The van der Waals surface area contributed by atoms with Crippen molar-refractivity contribution in [2.24, 2.45) is 11.7 Å². The molecule has 90 valence electrons. The maximum absolute atomic E-state index is 6.48. The van der Waals surface area contributed by atoms with Crippen molar-refractivity contribution in [1.82, 2.24) is 14.5 Å². The summed E-state index contributed by atoms with van der Waals surface area (Å²) in [5.74, 6) is 1.59. The average Bonchev–Trinajstić information content (AvgIpc) is 3.10. The Balaban J connectivity index is 2.21. The van der Waals surface area contributed by atoms with Gasteiger partial charge < -0.3 is 10.3 Å². The van der Waals surface area contributed by atoms with Crippen LogP contribution in [0.4, 0.5) is 0 Å². The SMILES string of the molecule is CCn1c(C(C)(N)C2CC2)nc2cnccc21. The molecule has 0 amide bonds. The third kappa shape index (κ3) is 1.55. The Bertz CT molecular complexity index is 552. The van der Waals surface area contributed by atoms with E-state index < -0.39 is 0 Å². The number of aromatic nitrogens is 3. The van der Waals surface area contributed by atoms with E-state index in [1.165, 1.54) is 12.8 Å². The van der Waals surface area contributed by atoms with Crippen molar-refractivity contribution in [3.05, 3.63) is 24.3 Å². The minimum absolute atomic E-state index is 0.310. The summed E-state index contributed by atoms with van der Waals surface area (Å²) in [6, 6.07) is 2.01. The van der Waals surface area contributed by atoms with Crippen LogP contribution in [0, 0.1) is 5.92 Å². The fraction of sp³-hybridized carbons (Fsp3) is 0.538. The highest BCUT2D eigenvalue weighted by Crippen LogP contribution is 2.43. The van der Waals surface area contributed by atoms with Crippen LogP contribution < -0.4 is 5.73 Å². The normalized spacial score (nSPS) is 19.5. The van der Waals surface area contributed by atoms with E-state index in [-0.39, 0.29) is 5.54 Å². The third-order valence-electron chi connectivity index (χ3n) is 3.77. The lowest BCUT2D eigenvalue weighted by atomic mass is 9.96. The number of hydrogen-bond donors (Lipinski definition) is 1. The molecule has 0 spiro atoms. The molecule has 4 heteroatoms. The highest BCUT2D eigenvalue weighted by Gasteiger charge is 2.42. The first kappa shape index (κ1) is 10.7. The Morgan fingerprint density at radius 2 is 2.29 bits per heavy atom. The largest absolute Gasteiger partial charge is 0.327 e. The van der Waals surface area contributed by atoms with Gasteiger partial charge in [-0.2, -0.15) is 0 Å². The smallest absolute Gasteiger partial charge is 0.130 e. The van der Waals surface area contributed by atoms with Gasteiger partial charge in [-0.1, -0.05) is 0 Å². The molecule has 1 unspecified atom stereocenters. The molecule has 17 heavy (non-hydrogen) atoms. The van der Waals surface area contributed by atoms with Crippen LogP contribution in [0.1, 0.15) is 32.5 Å². The van der Waals surface area contributed by atoms with Crippen LogP contribution in [0.5, 0.6) is 0 Å². The van der Waals surface area contributed by atoms with E-state index >= 15 is 0 Å². The lowest BCUT2D eigenvalue weighted by Crippen LogP contribution is -2.38. The predicted molar refractivity (Wildman–Crippen MR) is 67.5 cm³/mol. The minimum atomic E-state index is -0.310. The number of fused-ring (bicyclic) bond motifs is 1. The quantitative estimate of drug-likeness (QED) is 0.877. The summed E-state index contributed by atoms with van der Waals surface area (Å²) < 4.78 is 2.22. The molecule has 0 bridgehead atoms. The van der Waals surface area contributed by atoms with Gasteiger partial charge in [0.2, 0.25) is 0 Å². The second-order valence-corrected chi connectivity index (χ2v) is 5.10. The molecule has 2 aromatic rings. The number of nitrogens with zero attached hydrogens (tertiary/aromatic N) is 3. The van der Waals surface area contributed by atoms with E-state index in [4.69, 9.17) is 10.7 Å². The van der Waals surface area contributed by atoms with Gasteiger partial charge in [0.1, 0.15) is 11.3 Å². The first-order chi connectivity index (χ1) is 8.14. The molecule has 1 aliphatic carbocycles. The Kier molecular flexibility index (Phi) is 2.23. The maximum atomic E-state index is 6.48. The molecule has 4 nitrogen and oxygen atoms in total. The van der Waals surface area contributed by atoms with Crippen LogP contribution in [0.2, 0.25) is 0 Å². The number of imidazole rings is 1. The Labute approximate surface area is 101 Å².